The van der Waals surface area contributed by atoms with Gasteiger partial charge in [-0.15, -0.1) is 0 Å². The summed E-state index contributed by atoms with van der Waals surface area (Å²) in [6, 6.07) is 28.1. The molecule has 0 amide bonds. The smallest absolute Gasteiger partial charge is 0.0811 e. The van der Waals surface area contributed by atoms with Gasteiger partial charge in [-0.25, -0.2) is 0 Å². The molecule has 0 spiro atoms. The number of thioether (sulfide) groups is 1. The number of benzene rings is 3. The van der Waals surface area contributed by atoms with Gasteiger partial charge in [0.05, 0.1) is 11.4 Å². The van der Waals surface area contributed by atoms with E-state index in [0.29, 0.717) is 11.8 Å². The summed E-state index contributed by atoms with van der Waals surface area (Å²) in [7, 11) is 0. The van der Waals surface area contributed by atoms with Gasteiger partial charge in [0.2, 0.25) is 0 Å². The van der Waals surface area contributed by atoms with E-state index in [1.807, 2.05) is 11.8 Å². The van der Waals surface area contributed by atoms with Crippen molar-refractivity contribution in [3.05, 3.63) is 118 Å². The van der Waals surface area contributed by atoms with Crippen LogP contribution in [0.5, 0.6) is 0 Å². The van der Waals surface area contributed by atoms with Gasteiger partial charge in [0.1, 0.15) is 0 Å². The molecule has 0 N–H and O–H groups in total. The van der Waals surface area contributed by atoms with Gasteiger partial charge in [-0.3, -0.25) is 4.99 Å². The lowest BCUT2D eigenvalue weighted by atomic mass is 9.89. The third-order valence-electron chi connectivity index (χ3n) is 6.18. The first-order valence-corrected chi connectivity index (χ1v) is 11.4. The van der Waals surface area contributed by atoms with Crippen LogP contribution in [-0.2, 0) is 0 Å². The van der Waals surface area contributed by atoms with Gasteiger partial charge >= 0.3 is 0 Å². The maximum atomic E-state index is 5.16. The first-order valence-electron chi connectivity index (χ1n) is 10.6. The van der Waals surface area contributed by atoms with Crippen molar-refractivity contribution >= 4 is 23.2 Å². The Morgan fingerprint density at radius 1 is 0.767 bits per heavy atom. The van der Waals surface area contributed by atoms with Gasteiger partial charge in [0, 0.05) is 28.1 Å². The molecule has 1 aliphatic heterocycles. The van der Waals surface area contributed by atoms with Crippen molar-refractivity contribution in [1.29, 1.82) is 0 Å². The van der Waals surface area contributed by atoms with E-state index in [9.17, 15) is 0 Å². The molecule has 0 bridgehead atoms. The van der Waals surface area contributed by atoms with Crippen molar-refractivity contribution in [2.45, 2.75) is 37.0 Å². The minimum absolute atomic E-state index is 0.324. The molecule has 1 nitrogen and oxygen atoms in total. The van der Waals surface area contributed by atoms with Crippen LogP contribution in [0.4, 0.5) is 5.69 Å². The fraction of sp³-hybridized carbons (Fsp3) is 0.179. The highest BCUT2D eigenvalue weighted by Crippen LogP contribution is 2.47. The Kier molecular flexibility index (Phi) is 5.18. The fourth-order valence-electron chi connectivity index (χ4n) is 4.30. The normalized spacial score (nSPS) is 17.1. The van der Waals surface area contributed by atoms with Gasteiger partial charge in [-0.1, -0.05) is 104 Å². The molecule has 1 heterocycles. The summed E-state index contributed by atoms with van der Waals surface area (Å²) in [6.45, 7) is 4.57. The van der Waals surface area contributed by atoms with E-state index in [1.165, 1.54) is 37.8 Å². The second kappa shape index (κ2) is 8.12. The topological polar surface area (TPSA) is 12.4 Å². The predicted octanol–water partition coefficient (Wildman–Crippen LogP) is 8.03. The van der Waals surface area contributed by atoms with Crippen molar-refractivity contribution in [2.75, 3.05) is 0 Å². The average Bonchev–Trinajstić information content (AvgIpc) is 2.82. The van der Waals surface area contributed by atoms with Crippen molar-refractivity contribution in [2.24, 2.45) is 4.99 Å². The van der Waals surface area contributed by atoms with Crippen LogP contribution in [-0.4, -0.2) is 5.71 Å². The number of hydrogen-bond donors (Lipinski definition) is 0. The molecule has 5 rings (SSSR count). The molecule has 30 heavy (non-hydrogen) atoms. The van der Waals surface area contributed by atoms with Crippen LogP contribution in [0, 0.1) is 0 Å². The molecule has 2 unspecified atom stereocenters. The van der Waals surface area contributed by atoms with Crippen LogP contribution >= 0.6 is 11.8 Å². The van der Waals surface area contributed by atoms with E-state index >= 15 is 0 Å². The number of rotatable bonds is 4. The third kappa shape index (κ3) is 3.57. The second-order valence-corrected chi connectivity index (χ2v) is 9.12. The van der Waals surface area contributed by atoms with Gasteiger partial charge in [-0.05, 0) is 34.4 Å². The van der Waals surface area contributed by atoms with E-state index in [0.717, 1.165) is 12.1 Å². The SMILES string of the molecule is CC(C1=CCC2=Nc3c(cccc3C(C)c3ccccc3)SC2=C1)c1ccccc1. The summed E-state index contributed by atoms with van der Waals surface area (Å²) in [6.07, 6.45) is 5.61. The molecule has 3 aromatic carbocycles. The molecular formula is C28H25NS. The Morgan fingerprint density at radius 3 is 2.13 bits per heavy atom. The highest BCUT2D eigenvalue weighted by Gasteiger charge is 2.25. The van der Waals surface area contributed by atoms with Crippen LogP contribution < -0.4 is 0 Å². The fourth-order valence-corrected chi connectivity index (χ4v) is 5.38. The Labute approximate surface area is 183 Å². The lowest BCUT2D eigenvalue weighted by Crippen LogP contribution is -2.11. The highest BCUT2D eigenvalue weighted by molar-refractivity contribution is 8.04. The quantitative estimate of drug-likeness (QED) is 0.426. The summed E-state index contributed by atoms with van der Waals surface area (Å²) in [5.41, 5.74) is 7.74. The maximum absolute atomic E-state index is 5.16. The molecule has 2 atom stereocenters. The first kappa shape index (κ1) is 19.1. The lowest BCUT2D eigenvalue weighted by Gasteiger charge is -2.26. The molecular weight excluding hydrogens is 382 g/mol. The van der Waals surface area contributed by atoms with Gasteiger partial charge in [0.25, 0.3) is 0 Å². The van der Waals surface area contributed by atoms with Gasteiger partial charge in [0.15, 0.2) is 0 Å². The molecule has 0 saturated carbocycles. The largest absolute Gasteiger partial charge is 0.250 e. The molecule has 148 valence electrons. The molecule has 0 radical (unpaired) electrons. The number of para-hydroxylation sites is 1. The van der Waals surface area contributed by atoms with Crippen LogP contribution in [0.15, 0.2) is 111 Å². The van der Waals surface area contributed by atoms with Crippen LogP contribution in [0.2, 0.25) is 0 Å². The number of hydrogen-bond acceptors (Lipinski definition) is 2. The molecule has 3 aromatic rings. The Bertz CT molecular complexity index is 1160. The van der Waals surface area contributed by atoms with Crippen LogP contribution in [0.3, 0.4) is 0 Å². The average molecular weight is 408 g/mol. The van der Waals surface area contributed by atoms with E-state index in [4.69, 9.17) is 4.99 Å². The molecule has 1 aliphatic carbocycles. The van der Waals surface area contributed by atoms with Crippen molar-refractivity contribution < 1.29 is 0 Å². The monoisotopic (exact) mass is 407 g/mol. The van der Waals surface area contributed by atoms with E-state index in [1.54, 1.807) is 0 Å². The Morgan fingerprint density at radius 2 is 1.43 bits per heavy atom. The van der Waals surface area contributed by atoms with Crippen LogP contribution in [0.25, 0.3) is 0 Å². The summed E-state index contributed by atoms with van der Waals surface area (Å²) < 4.78 is 0. The zero-order chi connectivity index (χ0) is 20.5. The van der Waals surface area contributed by atoms with Gasteiger partial charge < -0.3 is 0 Å². The minimum Gasteiger partial charge on any atom is -0.250 e. The highest BCUT2D eigenvalue weighted by atomic mass is 32.2. The summed E-state index contributed by atoms with van der Waals surface area (Å²) >= 11 is 1.87. The second-order valence-electron chi connectivity index (χ2n) is 8.04. The van der Waals surface area contributed by atoms with E-state index < -0.39 is 0 Å². The van der Waals surface area contributed by atoms with Crippen molar-refractivity contribution in [1.82, 2.24) is 0 Å². The number of nitrogens with zero attached hydrogens (tertiary/aromatic N) is 1. The molecule has 0 fully saturated rings. The molecule has 2 heteroatoms. The van der Waals surface area contributed by atoms with E-state index in [-0.39, 0.29) is 0 Å². The Hall–Kier alpha value is -2.84. The predicted molar refractivity (Wildman–Crippen MR) is 129 cm³/mol. The summed E-state index contributed by atoms with van der Waals surface area (Å²) in [5, 5.41) is 0. The Balaban J connectivity index is 1.47. The van der Waals surface area contributed by atoms with Crippen molar-refractivity contribution in [3.8, 4) is 0 Å². The molecule has 0 saturated heterocycles. The standard InChI is InChI=1S/C28H25NS/c1-19(21-10-5-3-6-11-21)23-16-17-25-27(18-23)30-26-15-9-14-24(28(26)29-25)20(2)22-12-7-4-8-13-22/h3-16,18-20H,17H2,1-2H3. The van der Waals surface area contributed by atoms with Crippen LogP contribution in [0.1, 0.15) is 48.8 Å². The molecule has 0 aromatic heterocycles. The summed E-state index contributed by atoms with van der Waals surface area (Å²) in [5.74, 6) is 0.719. The zero-order valence-corrected chi connectivity index (χ0v) is 18.2. The molecule has 2 aliphatic rings. The third-order valence-corrected chi connectivity index (χ3v) is 7.30. The first-order chi connectivity index (χ1) is 14.7. The number of allylic oxidation sites excluding steroid dienone is 4. The minimum atomic E-state index is 0.324. The number of aliphatic imine (C=N–C) groups is 1. The number of fused-ring (bicyclic) bond motifs is 2. The van der Waals surface area contributed by atoms with E-state index in [2.05, 4.69) is 105 Å². The van der Waals surface area contributed by atoms with Crippen molar-refractivity contribution in [3.63, 3.8) is 0 Å². The van der Waals surface area contributed by atoms with Gasteiger partial charge in [-0.2, -0.15) is 0 Å². The summed E-state index contributed by atoms with van der Waals surface area (Å²) in [4.78, 5) is 7.72. The lowest BCUT2D eigenvalue weighted by molar-refractivity contribution is 0.909. The zero-order valence-electron chi connectivity index (χ0n) is 17.4. The maximum Gasteiger partial charge on any atom is 0.0811 e.